The highest BCUT2D eigenvalue weighted by molar-refractivity contribution is 7.47. The number of hydrogen-bond donors (Lipinski definition) is 3. The van der Waals surface area contributed by atoms with Gasteiger partial charge in [0.05, 0.1) is 26.4 Å². The van der Waals surface area contributed by atoms with Crippen LogP contribution >= 0.6 is 15.6 Å². The lowest BCUT2D eigenvalue weighted by atomic mass is 9.99. The molecule has 0 fully saturated rings. The van der Waals surface area contributed by atoms with Crippen molar-refractivity contribution in [3.8, 4) is 0 Å². The Morgan fingerprint density at radius 1 is 0.301 bits per heavy atom. The molecular weight excluding hydrogens is 1220 g/mol. The second kappa shape index (κ2) is 63.5. The van der Waals surface area contributed by atoms with E-state index in [9.17, 15) is 43.2 Å². The lowest BCUT2D eigenvalue weighted by Gasteiger charge is -2.21. The summed E-state index contributed by atoms with van der Waals surface area (Å²) in [4.78, 5) is 72.7. The van der Waals surface area contributed by atoms with Crippen molar-refractivity contribution in [1.82, 2.24) is 0 Å². The summed E-state index contributed by atoms with van der Waals surface area (Å²) >= 11 is 0. The predicted octanol–water partition coefficient (Wildman–Crippen LogP) is 21.3. The van der Waals surface area contributed by atoms with Crippen LogP contribution in [0.15, 0.2) is 0 Å². The monoisotopic (exact) mass is 1370 g/mol. The van der Waals surface area contributed by atoms with Crippen LogP contribution in [0.3, 0.4) is 0 Å². The van der Waals surface area contributed by atoms with Crippen LogP contribution in [0.5, 0.6) is 0 Å². The van der Waals surface area contributed by atoms with E-state index in [2.05, 4.69) is 55.4 Å². The van der Waals surface area contributed by atoms with Crippen molar-refractivity contribution in [3.63, 3.8) is 0 Å². The zero-order valence-electron chi connectivity index (χ0n) is 60.9. The molecule has 0 aliphatic heterocycles. The standard InChI is InChI=1S/C74H144O17P2/c1-9-65(6)51-43-35-26-20-16-14-12-13-15-17-22-30-40-48-56-73(78)90-69(60-84-71(76)54-46-38-29-25-24-28-37-45-53-67(8)11-3)62-88-92(80,81)86-58-68(75)59-87-93(82,83)89-63-70(61-85-72(77)55-47-39-33-32-34-42-50-64(4)5)91-74(79)57-49-41-31-23-19-18-21-27-36-44-52-66(7)10-2/h64-70,75H,9-63H2,1-8H3,(H,80,81)(H,82,83)/t65?,66?,67?,68-,69-,70-/m1/s1. The molecule has 0 saturated carbocycles. The van der Waals surface area contributed by atoms with Crippen molar-refractivity contribution in [2.45, 2.75) is 388 Å². The van der Waals surface area contributed by atoms with Crippen LogP contribution in [0.25, 0.3) is 0 Å². The number of ether oxygens (including phenoxy) is 4. The Kier molecular flexibility index (Phi) is 62.2. The molecule has 0 heterocycles. The Balaban J connectivity index is 5.24. The summed E-state index contributed by atoms with van der Waals surface area (Å²) in [6, 6.07) is 0. The molecule has 93 heavy (non-hydrogen) atoms. The largest absolute Gasteiger partial charge is 0.472 e. The zero-order valence-corrected chi connectivity index (χ0v) is 62.7. The molecule has 0 aliphatic rings. The van der Waals surface area contributed by atoms with Gasteiger partial charge in [0.25, 0.3) is 0 Å². The smallest absolute Gasteiger partial charge is 0.462 e. The number of phosphoric acid groups is 2. The molecule has 0 aromatic carbocycles. The number of carbonyl (C=O) groups is 4. The number of hydrogen-bond acceptors (Lipinski definition) is 15. The minimum Gasteiger partial charge on any atom is -0.462 e. The Morgan fingerprint density at radius 2 is 0.516 bits per heavy atom. The van der Waals surface area contributed by atoms with Crippen LogP contribution < -0.4 is 0 Å². The molecule has 0 bridgehead atoms. The molecule has 5 unspecified atom stereocenters. The van der Waals surface area contributed by atoms with E-state index in [4.69, 9.17) is 37.0 Å². The quantitative estimate of drug-likeness (QED) is 0.0222. The number of rotatable bonds is 71. The van der Waals surface area contributed by atoms with Crippen molar-refractivity contribution < 1.29 is 80.2 Å². The summed E-state index contributed by atoms with van der Waals surface area (Å²) in [5.74, 6) is 0.980. The second-order valence-corrected chi connectivity index (χ2v) is 30.8. The summed E-state index contributed by atoms with van der Waals surface area (Å²) in [5.41, 5.74) is 0. The first-order valence-electron chi connectivity index (χ1n) is 38.3. The van der Waals surface area contributed by atoms with Crippen LogP contribution in [0.4, 0.5) is 0 Å². The maximum absolute atomic E-state index is 13.1. The number of aliphatic hydroxyl groups is 1. The van der Waals surface area contributed by atoms with Crippen molar-refractivity contribution >= 4 is 39.5 Å². The van der Waals surface area contributed by atoms with Gasteiger partial charge in [0.1, 0.15) is 19.3 Å². The fourth-order valence-corrected chi connectivity index (χ4v) is 12.7. The third-order valence-electron chi connectivity index (χ3n) is 18.2. The summed E-state index contributed by atoms with van der Waals surface area (Å²) < 4.78 is 68.4. The van der Waals surface area contributed by atoms with Crippen molar-refractivity contribution in [3.05, 3.63) is 0 Å². The van der Waals surface area contributed by atoms with E-state index in [1.807, 2.05) is 0 Å². The molecule has 3 N–H and O–H groups in total. The van der Waals surface area contributed by atoms with Gasteiger partial charge in [-0.3, -0.25) is 37.3 Å². The molecule has 0 aromatic heterocycles. The Bertz CT molecular complexity index is 1840. The first-order valence-corrected chi connectivity index (χ1v) is 41.3. The van der Waals surface area contributed by atoms with Crippen molar-refractivity contribution in [1.29, 1.82) is 0 Å². The number of phosphoric ester groups is 2. The highest BCUT2D eigenvalue weighted by Crippen LogP contribution is 2.45. The lowest BCUT2D eigenvalue weighted by Crippen LogP contribution is -2.30. The van der Waals surface area contributed by atoms with Crippen molar-refractivity contribution in [2.24, 2.45) is 23.7 Å². The van der Waals surface area contributed by atoms with Gasteiger partial charge in [0.2, 0.25) is 0 Å². The van der Waals surface area contributed by atoms with E-state index in [0.717, 1.165) is 114 Å². The maximum Gasteiger partial charge on any atom is 0.472 e. The average molecular weight is 1370 g/mol. The number of unbranched alkanes of at least 4 members (excludes halogenated alkanes) is 34. The molecule has 0 amide bonds. The SMILES string of the molecule is CCC(C)CCCCCCCCCCCCCCCCC(=O)O[C@H](COC(=O)CCCCCCCCCCC(C)CC)COP(=O)(O)OC[C@@H](O)COP(=O)(O)OC[C@@H](COC(=O)CCCCCCCCC(C)C)OC(=O)CCCCCCCCCCCCC(C)CC. The summed E-state index contributed by atoms with van der Waals surface area (Å²) in [7, 11) is -9.91. The first-order chi connectivity index (χ1) is 44.7. The van der Waals surface area contributed by atoms with Gasteiger partial charge in [0.15, 0.2) is 12.2 Å². The van der Waals surface area contributed by atoms with Crippen LogP contribution in [0.1, 0.15) is 370 Å². The third kappa shape index (κ3) is 64.5. The van der Waals surface area contributed by atoms with E-state index < -0.39 is 97.5 Å². The van der Waals surface area contributed by atoms with E-state index >= 15 is 0 Å². The van der Waals surface area contributed by atoms with E-state index in [0.29, 0.717) is 31.6 Å². The van der Waals surface area contributed by atoms with Crippen LogP contribution in [0.2, 0.25) is 0 Å². The molecule has 0 radical (unpaired) electrons. The van der Waals surface area contributed by atoms with Crippen LogP contribution in [-0.2, 0) is 65.4 Å². The highest BCUT2D eigenvalue weighted by atomic mass is 31.2. The van der Waals surface area contributed by atoms with E-state index in [1.165, 1.54) is 167 Å². The Morgan fingerprint density at radius 3 is 0.763 bits per heavy atom. The maximum atomic E-state index is 13.1. The fourth-order valence-electron chi connectivity index (χ4n) is 11.1. The molecule has 552 valence electrons. The number of carbonyl (C=O) groups excluding carboxylic acids is 4. The highest BCUT2D eigenvalue weighted by Gasteiger charge is 2.30. The predicted molar refractivity (Wildman–Crippen MR) is 377 cm³/mol. The second-order valence-electron chi connectivity index (χ2n) is 27.9. The van der Waals surface area contributed by atoms with Gasteiger partial charge in [-0.05, 0) is 49.4 Å². The number of aliphatic hydroxyl groups excluding tert-OH is 1. The number of esters is 4. The van der Waals surface area contributed by atoms with Gasteiger partial charge in [-0.1, -0.05) is 319 Å². The zero-order chi connectivity index (χ0) is 68.9. The van der Waals surface area contributed by atoms with Crippen LogP contribution in [0, 0.1) is 23.7 Å². The third-order valence-corrected chi connectivity index (χ3v) is 20.1. The Labute approximate surface area is 568 Å². The van der Waals surface area contributed by atoms with Gasteiger partial charge in [0, 0.05) is 25.7 Å². The fraction of sp³-hybridized carbons (Fsp3) is 0.946. The lowest BCUT2D eigenvalue weighted by molar-refractivity contribution is -0.161. The van der Waals surface area contributed by atoms with Gasteiger partial charge in [-0.2, -0.15) is 0 Å². The first kappa shape index (κ1) is 91.1. The van der Waals surface area contributed by atoms with Gasteiger partial charge >= 0.3 is 39.5 Å². The molecular formula is C74H144O17P2. The molecule has 19 heteroatoms. The summed E-state index contributed by atoms with van der Waals surface area (Å²) in [6.45, 7) is 14.2. The molecule has 0 aliphatic carbocycles. The van der Waals surface area contributed by atoms with Crippen LogP contribution in [-0.4, -0.2) is 96.7 Å². The Hall–Kier alpha value is -1.94. The average Bonchev–Trinajstić information content (AvgIpc) is 3.02. The molecule has 8 atom stereocenters. The minimum absolute atomic E-state index is 0.105. The molecule has 0 spiro atoms. The molecule has 17 nitrogen and oxygen atoms in total. The molecule has 0 rings (SSSR count). The van der Waals surface area contributed by atoms with Gasteiger partial charge in [-0.15, -0.1) is 0 Å². The molecule has 0 aromatic rings. The van der Waals surface area contributed by atoms with E-state index in [-0.39, 0.29) is 25.7 Å². The molecule has 0 saturated heterocycles. The van der Waals surface area contributed by atoms with E-state index in [1.54, 1.807) is 0 Å². The summed E-state index contributed by atoms with van der Waals surface area (Å²) in [6.07, 6.45) is 47.1. The van der Waals surface area contributed by atoms with Gasteiger partial charge < -0.3 is 33.8 Å². The summed E-state index contributed by atoms with van der Waals surface area (Å²) in [5, 5.41) is 10.6. The van der Waals surface area contributed by atoms with Gasteiger partial charge in [-0.25, -0.2) is 9.13 Å². The minimum atomic E-state index is -4.96. The topological polar surface area (TPSA) is 237 Å². The van der Waals surface area contributed by atoms with Crippen molar-refractivity contribution in [2.75, 3.05) is 39.6 Å². The normalized spacial score (nSPS) is 15.1.